The van der Waals surface area contributed by atoms with Gasteiger partial charge in [-0.05, 0) is 35.7 Å². The van der Waals surface area contributed by atoms with Gasteiger partial charge in [0.25, 0.3) is 0 Å². The first kappa shape index (κ1) is 23.7. The van der Waals surface area contributed by atoms with Crippen LogP contribution in [0.15, 0.2) is 91.1 Å². The van der Waals surface area contributed by atoms with Gasteiger partial charge in [-0.2, -0.15) is 0 Å². The van der Waals surface area contributed by atoms with Gasteiger partial charge in [0, 0.05) is 56.2 Å². The molecule has 1 amide bonds. The number of nitrogens with zero attached hydrogens (tertiary/aromatic N) is 1. The Balaban J connectivity index is 1.25. The number of rotatable bonds is 12. The van der Waals surface area contributed by atoms with Crippen LogP contribution >= 0.6 is 0 Å². The molecule has 1 aromatic heterocycles. The van der Waals surface area contributed by atoms with Crippen LogP contribution in [0.1, 0.15) is 29.2 Å². The largest absolute Gasteiger partial charge is 0.361 e. The average molecular weight is 455 g/mol. The van der Waals surface area contributed by atoms with E-state index >= 15 is 0 Å². The summed E-state index contributed by atoms with van der Waals surface area (Å²) in [5.74, 6) is 0.137. The summed E-state index contributed by atoms with van der Waals surface area (Å²) in [6.45, 7) is 3.18. The number of hydrogen-bond donors (Lipinski definition) is 3. The third-order valence-corrected chi connectivity index (χ3v) is 6.21. The molecule has 4 rings (SSSR count). The van der Waals surface area contributed by atoms with E-state index in [2.05, 4.69) is 70.3 Å². The highest BCUT2D eigenvalue weighted by Crippen LogP contribution is 2.19. The molecule has 4 aromatic rings. The second kappa shape index (κ2) is 12.2. The van der Waals surface area contributed by atoms with Gasteiger partial charge in [-0.25, -0.2) is 0 Å². The normalized spacial score (nSPS) is 12.0. The van der Waals surface area contributed by atoms with Crippen molar-refractivity contribution < 1.29 is 4.79 Å². The van der Waals surface area contributed by atoms with Crippen molar-refractivity contribution in [1.29, 1.82) is 0 Å². The summed E-state index contributed by atoms with van der Waals surface area (Å²) < 4.78 is 0. The fraction of sp³-hybridized carbons (Fsp3) is 0.276. The Morgan fingerprint density at radius 1 is 0.882 bits per heavy atom. The first-order valence-electron chi connectivity index (χ1n) is 12.0. The summed E-state index contributed by atoms with van der Waals surface area (Å²) in [5.41, 5.74) is 4.81. The maximum absolute atomic E-state index is 13.0. The number of benzene rings is 3. The van der Waals surface area contributed by atoms with Crippen molar-refractivity contribution in [3.05, 3.63) is 108 Å². The number of carbonyl (C=O) groups is 1. The highest BCUT2D eigenvalue weighted by Gasteiger charge is 2.18. The third kappa shape index (κ3) is 6.56. The Morgan fingerprint density at radius 3 is 2.38 bits per heavy atom. The Hall–Kier alpha value is -3.41. The molecule has 176 valence electrons. The average Bonchev–Trinajstić information content (AvgIpc) is 3.29. The molecule has 0 saturated heterocycles. The summed E-state index contributed by atoms with van der Waals surface area (Å²) in [6.07, 6.45) is 3.52. The van der Waals surface area contributed by atoms with E-state index in [1.807, 2.05) is 48.3 Å². The van der Waals surface area contributed by atoms with Gasteiger partial charge in [0.05, 0.1) is 0 Å². The number of para-hydroxylation sites is 1. The summed E-state index contributed by atoms with van der Waals surface area (Å²) in [4.78, 5) is 18.1. The van der Waals surface area contributed by atoms with E-state index in [1.165, 1.54) is 16.5 Å². The first-order chi connectivity index (χ1) is 16.7. The van der Waals surface area contributed by atoms with Crippen LogP contribution in [-0.2, 0) is 17.8 Å². The lowest BCUT2D eigenvalue weighted by molar-refractivity contribution is -0.131. The molecule has 0 aliphatic heterocycles. The number of carbonyl (C=O) groups excluding carboxylic acids is 1. The van der Waals surface area contributed by atoms with E-state index in [9.17, 15) is 4.79 Å². The van der Waals surface area contributed by atoms with Gasteiger partial charge in [0.1, 0.15) is 0 Å². The zero-order chi connectivity index (χ0) is 23.6. The van der Waals surface area contributed by atoms with Crippen molar-refractivity contribution in [2.24, 2.45) is 0 Å². The number of amides is 1. The maximum Gasteiger partial charge on any atom is 0.224 e. The van der Waals surface area contributed by atoms with Gasteiger partial charge >= 0.3 is 0 Å². The van der Waals surface area contributed by atoms with E-state index in [1.54, 1.807) is 0 Å². The molecule has 0 bridgehead atoms. The van der Waals surface area contributed by atoms with Gasteiger partial charge in [-0.3, -0.25) is 4.79 Å². The van der Waals surface area contributed by atoms with E-state index in [0.29, 0.717) is 13.0 Å². The lowest BCUT2D eigenvalue weighted by Crippen LogP contribution is -2.35. The van der Waals surface area contributed by atoms with Crippen LogP contribution in [0.2, 0.25) is 0 Å². The molecular formula is C29H34N4O. The number of aromatic amines is 1. The van der Waals surface area contributed by atoms with Crippen LogP contribution in [0, 0.1) is 0 Å². The molecule has 5 nitrogen and oxygen atoms in total. The zero-order valence-electron chi connectivity index (χ0n) is 19.8. The summed E-state index contributed by atoms with van der Waals surface area (Å²) in [5, 5.41) is 8.42. The molecule has 0 saturated carbocycles. The van der Waals surface area contributed by atoms with E-state index in [0.717, 1.165) is 37.2 Å². The highest BCUT2D eigenvalue weighted by atomic mass is 16.2. The molecule has 0 unspecified atom stereocenters. The van der Waals surface area contributed by atoms with Crippen molar-refractivity contribution in [2.45, 2.75) is 25.4 Å². The molecule has 0 aliphatic rings. The summed E-state index contributed by atoms with van der Waals surface area (Å²) >= 11 is 0. The monoisotopic (exact) mass is 454 g/mol. The second-order valence-corrected chi connectivity index (χ2v) is 8.72. The van der Waals surface area contributed by atoms with Crippen LogP contribution in [-0.4, -0.2) is 42.5 Å². The minimum Gasteiger partial charge on any atom is -0.361 e. The first-order valence-corrected chi connectivity index (χ1v) is 12.0. The van der Waals surface area contributed by atoms with Gasteiger partial charge in [0.15, 0.2) is 0 Å². The summed E-state index contributed by atoms with van der Waals surface area (Å²) in [7, 11) is 1.88. The molecule has 1 heterocycles. The van der Waals surface area contributed by atoms with Crippen LogP contribution in [0.4, 0.5) is 0 Å². The minimum absolute atomic E-state index is 0.0117. The fourth-order valence-electron chi connectivity index (χ4n) is 4.29. The second-order valence-electron chi connectivity index (χ2n) is 8.72. The van der Waals surface area contributed by atoms with Gasteiger partial charge < -0.3 is 20.5 Å². The summed E-state index contributed by atoms with van der Waals surface area (Å²) in [6, 6.07) is 28.8. The lowest BCUT2D eigenvalue weighted by atomic mass is 10.0. The van der Waals surface area contributed by atoms with Crippen LogP contribution in [0.3, 0.4) is 0 Å². The Kier molecular flexibility index (Phi) is 8.49. The predicted molar refractivity (Wildman–Crippen MR) is 140 cm³/mol. The molecule has 3 aromatic carbocycles. The van der Waals surface area contributed by atoms with Gasteiger partial charge in [-0.15, -0.1) is 0 Å². The SMILES string of the molecule is CN(Cc1ccccc1)C(=O)C[C@H](NCCNCCc1c[nH]c2ccccc12)c1ccccc1. The van der Waals surface area contributed by atoms with Gasteiger partial charge in [0.2, 0.25) is 5.91 Å². The van der Waals surface area contributed by atoms with Crippen molar-refractivity contribution >= 4 is 16.8 Å². The van der Waals surface area contributed by atoms with E-state index in [-0.39, 0.29) is 11.9 Å². The lowest BCUT2D eigenvalue weighted by Gasteiger charge is -2.23. The predicted octanol–water partition coefficient (Wildman–Crippen LogP) is 4.68. The van der Waals surface area contributed by atoms with Crippen molar-refractivity contribution in [2.75, 3.05) is 26.7 Å². The van der Waals surface area contributed by atoms with Crippen molar-refractivity contribution in [1.82, 2.24) is 20.5 Å². The van der Waals surface area contributed by atoms with Gasteiger partial charge in [-0.1, -0.05) is 78.9 Å². The van der Waals surface area contributed by atoms with Crippen LogP contribution in [0.5, 0.6) is 0 Å². The standard InChI is InChI=1S/C29H34N4O/c1-33(22-23-10-4-2-5-11-23)29(34)20-28(24-12-6-3-7-13-24)31-19-18-30-17-16-25-21-32-27-15-9-8-14-26(25)27/h2-15,21,28,30-32H,16-20,22H2,1H3/t28-/m0/s1. The third-order valence-electron chi connectivity index (χ3n) is 6.21. The fourth-order valence-corrected chi connectivity index (χ4v) is 4.29. The molecule has 1 atom stereocenters. The van der Waals surface area contributed by atoms with Crippen LogP contribution in [0.25, 0.3) is 10.9 Å². The number of fused-ring (bicyclic) bond motifs is 1. The molecule has 0 radical (unpaired) electrons. The topological polar surface area (TPSA) is 60.2 Å². The Morgan fingerprint density at radius 2 is 1.59 bits per heavy atom. The molecular weight excluding hydrogens is 420 g/mol. The Bertz CT molecular complexity index is 1160. The smallest absolute Gasteiger partial charge is 0.224 e. The molecule has 0 fully saturated rings. The zero-order valence-corrected chi connectivity index (χ0v) is 19.8. The number of H-pyrrole nitrogens is 1. The van der Waals surface area contributed by atoms with Crippen LogP contribution < -0.4 is 10.6 Å². The molecule has 0 spiro atoms. The number of hydrogen-bond acceptors (Lipinski definition) is 3. The molecule has 0 aliphatic carbocycles. The minimum atomic E-state index is -0.0117. The molecule has 5 heteroatoms. The van der Waals surface area contributed by atoms with E-state index in [4.69, 9.17) is 0 Å². The number of aromatic nitrogens is 1. The van der Waals surface area contributed by atoms with Crippen molar-refractivity contribution in [3.8, 4) is 0 Å². The highest BCUT2D eigenvalue weighted by molar-refractivity contribution is 5.83. The van der Waals surface area contributed by atoms with Crippen molar-refractivity contribution in [3.63, 3.8) is 0 Å². The molecule has 3 N–H and O–H groups in total. The number of nitrogens with one attached hydrogen (secondary N) is 3. The Labute approximate surface area is 202 Å². The van der Waals surface area contributed by atoms with E-state index < -0.39 is 0 Å². The maximum atomic E-state index is 13.0. The quantitative estimate of drug-likeness (QED) is 0.273. The molecule has 34 heavy (non-hydrogen) atoms.